The summed E-state index contributed by atoms with van der Waals surface area (Å²) in [5.41, 5.74) is 2.00. The van der Waals surface area contributed by atoms with E-state index in [9.17, 15) is 9.59 Å². The van der Waals surface area contributed by atoms with Gasteiger partial charge in [0.15, 0.2) is 0 Å². The van der Waals surface area contributed by atoms with E-state index in [4.69, 9.17) is 5.11 Å². The highest BCUT2D eigenvalue weighted by Gasteiger charge is 1.99. The van der Waals surface area contributed by atoms with E-state index in [0.717, 1.165) is 11.1 Å². The van der Waals surface area contributed by atoms with Crippen LogP contribution in [0, 0.1) is 6.92 Å². The molecule has 0 heterocycles. The number of hydrogen-bond acceptors (Lipinski definition) is 2. The van der Waals surface area contributed by atoms with Crippen molar-refractivity contribution >= 4 is 18.0 Å². The lowest BCUT2D eigenvalue weighted by Gasteiger charge is -1.99. The molecule has 1 aromatic rings. The number of carbonyl (C=O) groups excluding carboxylic acids is 1. The fourth-order valence-corrected chi connectivity index (χ4v) is 1.16. The van der Waals surface area contributed by atoms with Crippen molar-refractivity contribution in [1.29, 1.82) is 0 Å². The molecule has 4 nitrogen and oxygen atoms in total. The fourth-order valence-electron chi connectivity index (χ4n) is 1.16. The summed E-state index contributed by atoms with van der Waals surface area (Å²) in [4.78, 5) is 21.4. The van der Waals surface area contributed by atoms with E-state index in [0.29, 0.717) is 0 Å². The monoisotopic (exact) mass is 219 g/mol. The minimum Gasteiger partial charge on any atom is -0.480 e. The zero-order valence-electron chi connectivity index (χ0n) is 8.93. The summed E-state index contributed by atoms with van der Waals surface area (Å²) in [5, 5.41) is 10.6. The molecule has 0 fully saturated rings. The second-order valence-electron chi connectivity index (χ2n) is 3.30. The molecule has 0 atom stereocenters. The first-order valence-corrected chi connectivity index (χ1v) is 4.83. The maximum atomic E-state index is 11.2. The van der Waals surface area contributed by atoms with Crippen molar-refractivity contribution in [3.63, 3.8) is 0 Å². The largest absolute Gasteiger partial charge is 0.480 e. The topological polar surface area (TPSA) is 66.4 Å². The highest BCUT2D eigenvalue weighted by atomic mass is 16.4. The number of carboxylic acids is 1. The van der Waals surface area contributed by atoms with Crippen LogP contribution in [0.25, 0.3) is 6.08 Å². The maximum absolute atomic E-state index is 11.2. The van der Waals surface area contributed by atoms with Crippen molar-refractivity contribution < 1.29 is 14.7 Å². The molecule has 0 radical (unpaired) electrons. The summed E-state index contributed by atoms with van der Waals surface area (Å²) >= 11 is 0. The molecule has 1 rings (SSSR count). The molecule has 4 heteroatoms. The van der Waals surface area contributed by atoms with E-state index >= 15 is 0 Å². The lowest BCUT2D eigenvalue weighted by molar-refractivity contribution is -0.137. The lowest BCUT2D eigenvalue weighted by Crippen LogP contribution is -2.27. The zero-order valence-corrected chi connectivity index (χ0v) is 8.93. The van der Waals surface area contributed by atoms with Crippen molar-refractivity contribution in [2.24, 2.45) is 0 Å². The Kier molecular flexibility index (Phi) is 4.27. The van der Waals surface area contributed by atoms with Crippen molar-refractivity contribution in [2.75, 3.05) is 6.54 Å². The van der Waals surface area contributed by atoms with Crippen LogP contribution in [0.15, 0.2) is 30.3 Å². The SMILES string of the molecule is Cc1ccccc1C=CC(=O)NCC(=O)O. The second kappa shape index (κ2) is 5.70. The highest BCUT2D eigenvalue weighted by Crippen LogP contribution is 2.08. The first-order valence-electron chi connectivity index (χ1n) is 4.83. The van der Waals surface area contributed by atoms with Crippen LogP contribution < -0.4 is 5.32 Å². The smallest absolute Gasteiger partial charge is 0.322 e. The van der Waals surface area contributed by atoms with E-state index in [1.54, 1.807) is 6.08 Å². The van der Waals surface area contributed by atoms with E-state index in [2.05, 4.69) is 5.32 Å². The van der Waals surface area contributed by atoms with Gasteiger partial charge in [-0.25, -0.2) is 0 Å². The molecule has 0 aliphatic rings. The summed E-state index contributed by atoms with van der Waals surface area (Å²) in [7, 11) is 0. The summed E-state index contributed by atoms with van der Waals surface area (Å²) in [6.07, 6.45) is 2.98. The Morgan fingerprint density at radius 1 is 1.38 bits per heavy atom. The first-order chi connectivity index (χ1) is 7.59. The lowest BCUT2D eigenvalue weighted by atomic mass is 10.1. The molecule has 0 bridgehead atoms. The Hall–Kier alpha value is -2.10. The molecule has 16 heavy (non-hydrogen) atoms. The van der Waals surface area contributed by atoms with Crippen LogP contribution in [0.5, 0.6) is 0 Å². The molecular weight excluding hydrogens is 206 g/mol. The van der Waals surface area contributed by atoms with Gasteiger partial charge in [0.1, 0.15) is 6.54 Å². The highest BCUT2D eigenvalue weighted by molar-refractivity contribution is 5.93. The van der Waals surface area contributed by atoms with Crippen molar-refractivity contribution in [1.82, 2.24) is 5.32 Å². The quantitative estimate of drug-likeness (QED) is 0.748. The second-order valence-corrected chi connectivity index (χ2v) is 3.30. The molecule has 1 amide bonds. The molecule has 2 N–H and O–H groups in total. The van der Waals surface area contributed by atoms with Gasteiger partial charge in [0.2, 0.25) is 5.91 Å². The minimum atomic E-state index is -1.06. The van der Waals surface area contributed by atoms with E-state index in [1.165, 1.54) is 6.08 Å². The van der Waals surface area contributed by atoms with Gasteiger partial charge in [-0.3, -0.25) is 9.59 Å². The van der Waals surface area contributed by atoms with Crippen LogP contribution in [0.3, 0.4) is 0 Å². The Morgan fingerprint density at radius 3 is 2.69 bits per heavy atom. The van der Waals surface area contributed by atoms with E-state index in [1.807, 2.05) is 31.2 Å². The third-order valence-electron chi connectivity index (χ3n) is 2.02. The van der Waals surface area contributed by atoms with Crippen LogP contribution in [0.1, 0.15) is 11.1 Å². The molecule has 1 aromatic carbocycles. The van der Waals surface area contributed by atoms with Gasteiger partial charge in [-0.1, -0.05) is 24.3 Å². The summed E-state index contributed by atoms with van der Waals surface area (Å²) in [6, 6.07) is 7.62. The van der Waals surface area contributed by atoms with Crippen molar-refractivity contribution in [3.05, 3.63) is 41.5 Å². The van der Waals surface area contributed by atoms with Crippen LogP contribution in [-0.2, 0) is 9.59 Å². The van der Waals surface area contributed by atoms with Crippen molar-refractivity contribution in [3.8, 4) is 0 Å². The van der Waals surface area contributed by atoms with Gasteiger partial charge in [-0.15, -0.1) is 0 Å². The van der Waals surface area contributed by atoms with Crippen LogP contribution in [0.4, 0.5) is 0 Å². The van der Waals surface area contributed by atoms with Gasteiger partial charge in [0.05, 0.1) is 0 Å². The van der Waals surface area contributed by atoms with Gasteiger partial charge < -0.3 is 10.4 Å². The number of aryl methyl sites for hydroxylation is 1. The number of amides is 1. The van der Waals surface area contributed by atoms with Crippen molar-refractivity contribution in [2.45, 2.75) is 6.92 Å². The standard InChI is InChI=1S/C12H13NO3/c1-9-4-2-3-5-10(9)6-7-11(14)13-8-12(15)16/h2-7H,8H2,1H3,(H,13,14)(H,15,16). The summed E-state index contributed by atoms with van der Waals surface area (Å²) in [5.74, 6) is -1.47. The van der Waals surface area contributed by atoms with Crippen LogP contribution in [0.2, 0.25) is 0 Å². The molecule has 0 aliphatic carbocycles. The third kappa shape index (κ3) is 3.96. The van der Waals surface area contributed by atoms with Gasteiger partial charge in [0, 0.05) is 6.08 Å². The first kappa shape index (κ1) is 12.0. The Balaban J connectivity index is 2.57. The number of hydrogen-bond donors (Lipinski definition) is 2. The van der Waals surface area contributed by atoms with E-state index in [-0.39, 0.29) is 6.54 Å². The molecular formula is C12H13NO3. The number of benzene rings is 1. The number of aliphatic carboxylic acids is 1. The Morgan fingerprint density at radius 2 is 2.06 bits per heavy atom. The molecule has 0 saturated carbocycles. The molecule has 0 aliphatic heterocycles. The average Bonchev–Trinajstić information content (AvgIpc) is 2.25. The average molecular weight is 219 g/mol. The molecule has 84 valence electrons. The number of carbonyl (C=O) groups is 2. The van der Waals surface area contributed by atoms with Gasteiger partial charge in [0.25, 0.3) is 0 Å². The van der Waals surface area contributed by atoms with Crippen LogP contribution in [-0.4, -0.2) is 23.5 Å². The molecule has 0 saturated heterocycles. The van der Waals surface area contributed by atoms with E-state index < -0.39 is 11.9 Å². The maximum Gasteiger partial charge on any atom is 0.322 e. The Bertz CT molecular complexity index is 424. The fraction of sp³-hybridized carbons (Fsp3) is 0.167. The van der Waals surface area contributed by atoms with Gasteiger partial charge in [-0.2, -0.15) is 0 Å². The predicted molar refractivity (Wildman–Crippen MR) is 60.9 cm³/mol. The van der Waals surface area contributed by atoms with Crippen LogP contribution >= 0.6 is 0 Å². The molecule has 0 aromatic heterocycles. The number of carboxylic acid groups (broad SMARTS) is 1. The molecule has 0 spiro atoms. The zero-order chi connectivity index (χ0) is 12.0. The number of nitrogens with one attached hydrogen (secondary N) is 1. The summed E-state index contributed by atoms with van der Waals surface area (Å²) < 4.78 is 0. The minimum absolute atomic E-state index is 0.364. The van der Waals surface area contributed by atoms with Gasteiger partial charge in [-0.05, 0) is 24.1 Å². The summed E-state index contributed by atoms with van der Waals surface area (Å²) in [6.45, 7) is 1.58. The predicted octanol–water partition coefficient (Wildman–Crippen LogP) is 1.21. The molecule has 0 unspecified atom stereocenters. The number of rotatable bonds is 4. The third-order valence-corrected chi connectivity index (χ3v) is 2.02. The normalized spacial score (nSPS) is 10.3. The van der Waals surface area contributed by atoms with Gasteiger partial charge >= 0.3 is 5.97 Å². The Labute approximate surface area is 93.6 Å².